The Kier molecular flexibility index (Phi) is 44.3. The Labute approximate surface area is 769 Å². The second-order valence-electron chi connectivity index (χ2n) is 31.9. The molecule has 0 saturated carbocycles. The van der Waals surface area contributed by atoms with E-state index >= 15 is 9.59 Å². The molecule has 131 heavy (non-hydrogen) atoms. The van der Waals surface area contributed by atoms with Gasteiger partial charge < -0.3 is 9.64 Å². The molecular weight excluding hydrogens is 1750 g/mol. The molecule has 0 bridgehead atoms. The zero-order chi connectivity index (χ0) is 94.4. The van der Waals surface area contributed by atoms with Crippen molar-refractivity contribution in [3.05, 3.63) is 154 Å². The third kappa shape index (κ3) is 32.1. The Hall–Kier alpha value is -8.58. The number of unbranched alkanes of at least 4 members (excludes halogenated alkanes) is 5. The number of benzene rings is 4. The summed E-state index contributed by atoms with van der Waals surface area (Å²) in [6.07, 6.45) is -31.8. The van der Waals surface area contributed by atoms with Crippen LogP contribution < -0.4 is 0 Å². The van der Waals surface area contributed by atoms with E-state index in [1.54, 1.807) is 55.1 Å². The molecular formula is C88H120B4N4O33P2. The van der Waals surface area contributed by atoms with E-state index in [1.807, 2.05) is 81.4 Å². The van der Waals surface area contributed by atoms with Crippen molar-refractivity contribution >= 4 is 99.1 Å². The van der Waals surface area contributed by atoms with Crippen LogP contribution in [0.1, 0.15) is 165 Å². The van der Waals surface area contributed by atoms with Gasteiger partial charge in [0, 0.05) is 13.1 Å². The quantitative estimate of drug-likeness (QED) is 0.00580. The second-order valence-corrected chi connectivity index (χ2v) is 32.7. The standard InChI is InChI=1S/C88H120B4N4O33P2/c1-12-15-42-107-62-46-88(85(104)106-11,114-45-32-22-31-41-96(47-58-33-23-18-24-34-58)86(105)113-48-59-35-25-19-26-36-59)127-72(66-52-115-87(9,10)126-66)68(62)121-83-78(118-57(8)101)75(77(129-90-92-131)69(122-83)63(49-110-53(4)97)108-43-16-13-2)124-84-79(125-82-67(94-95-93)73(117-56(7)100)71(116-55(6)99)65(119-82)51-111-54(5)98)74(120-81(103)61-39-29-21-30-40-61)76(128-89-91-130)70(123-84)64(109-44-17-14-3)50-112-80(102)60-37-27-20-28-38-60/h18-21,23-30,33-40,62-79,82-84H,12-17,22,31-32,41-52,130-131H2,1-11H3/t62-,63+,64+,65?,66-,67?,68-,69?,70+,71-,72?,73+,74?,75?,76-,77-,78-,79?,82-,83+,84-,88-/m1/s1. The summed E-state index contributed by atoms with van der Waals surface area (Å²) in [5.41, 5.74) is 12.4. The normalized spacial score (nSPS) is 27.1. The first-order chi connectivity index (χ1) is 63.2. The number of nitrogens with zero attached hydrogens (tertiary/aromatic N) is 4. The molecule has 9 rings (SSSR count). The molecule has 24 atom stereocenters. The maximum atomic E-state index is 15.5. The topological polar surface area (TPSA) is 427 Å². The molecule has 0 aromatic heterocycles. The molecule has 37 nitrogen and oxygen atoms in total. The number of amides is 1. The van der Waals surface area contributed by atoms with Crippen LogP contribution in [0, 0.1) is 0 Å². The van der Waals surface area contributed by atoms with E-state index < -0.39 is 220 Å². The van der Waals surface area contributed by atoms with Gasteiger partial charge in [-0.2, -0.15) is 0 Å². The molecule has 712 valence electrons. The summed E-state index contributed by atoms with van der Waals surface area (Å²) in [6, 6.07) is 32.6. The summed E-state index contributed by atoms with van der Waals surface area (Å²) >= 11 is 0. The van der Waals surface area contributed by atoms with E-state index in [0.717, 1.165) is 38.8 Å². The molecule has 43 heteroatoms. The first kappa shape index (κ1) is 106. The number of hydrogen-bond donors (Lipinski definition) is 0. The summed E-state index contributed by atoms with van der Waals surface area (Å²) in [7, 11) is 8.35. The molecule has 5 heterocycles. The van der Waals surface area contributed by atoms with Crippen LogP contribution in [0.3, 0.4) is 0 Å². The number of rotatable bonds is 50. The number of methoxy groups -OCH3 is 1. The average Bonchev–Trinajstić information content (AvgIpc) is 1.04. The van der Waals surface area contributed by atoms with E-state index in [-0.39, 0.29) is 63.9 Å². The van der Waals surface area contributed by atoms with Gasteiger partial charge in [-0.3, -0.25) is 0 Å². The zero-order valence-corrected chi connectivity index (χ0v) is 78.1. The van der Waals surface area contributed by atoms with Gasteiger partial charge in [0.2, 0.25) is 0 Å². The van der Waals surface area contributed by atoms with Crippen molar-refractivity contribution in [1.82, 2.24) is 4.90 Å². The fourth-order valence-electron chi connectivity index (χ4n) is 15.4. The fourth-order valence-corrected chi connectivity index (χ4v) is 15.6. The number of carbonyl (C=O) groups excluding carboxylic acids is 9. The van der Waals surface area contributed by atoms with Gasteiger partial charge in [-0.05, 0) is 30.4 Å². The van der Waals surface area contributed by atoms with E-state index in [4.69, 9.17) is 114 Å². The summed E-state index contributed by atoms with van der Waals surface area (Å²) < 4.78 is 158. The van der Waals surface area contributed by atoms with Crippen LogP contribution >= 0.6 is 18.2 Å². The van der Waals surface area contributed by atoms with Crippen molar-refractivity contribution in [2.24, 2.45) is 5.11 Å². The molecule has 5 saturated heterocycles. The SMILES string of the molecule is CCCCO[C@@H](COC(C)=O)C1O[C@H](O[C@H]2C([C@H]3COC(C)(C)O3)O[C@@](OCCCCCN(Cc3ccccc3)C(=O)OCc3ccccc3)(C(=O)OC)C[C@H]2OCCCC)[C@H](OC(C)=O)C(O[C@H]2O[C@@H]([C@H](COC(=O)c3ccccc3)OCCCC)[C@@H](OB=BP)C(OC(=O)c3ccccc3)C2O[C@H]2OC(COC(C)=O)[C@@H](OC(C)=O)[C@@H](OC(C)=O)C2N=[N+]=[N-])[C@@H]1OB=BP. The number of ether oxygens (including phenoxy) is 22. The van der Waals surface area contributed by atoms with Crippen LogP contribution in [0.2, 0.25) is 0 Å². The molecule has 4 aromatic rings. The summed E-state index contributed by atoms with van der Waals surface area (Å²) in [5.74, 6) is -11.1. The van der Waals surface area contributed by atoms with Crippen LogP contribution in [-0.4, -0.2) is 293 Å². The Balaban J connectivity index is 1.24. The first-order valence-electron chi connectivity index (χ1n) is 44.0. The Morgan fingerprint density at radius 2 is 1.06 bits per heavy atom. The molecule has 5 fully saturated rings. The summed E-state index contributed by atoms with van der Waals surface area (Å²) in [5, 5.41) is 4.04. The van der Waals surface area contributed by atoms with Crippen molar-refractivity contribution in [2.75, 3.05) is 66.5 Å². The van der Waals surface area contributed by atoms with Gasteiger partial charge in [0.05, 0.1) is 7.11 Å². The van der Waals surface area contributed by atoms with Crippen LogP contribution in [0.15, 0.2) is 126 Å². The molecule has 9 unspecified atom stereocenters. The maximum absolute atomic E-state index is 15.5. The van der Waals surface area contributed by atoms with Crippen LogP contribution in [0.4, 0.5) is 4.79 Å². The predicted octanol–water partition coefficient (Wildman–Crippen LogP) is 9.22. The van der Waals surface area contributed by atoms with Crippen molar-refractivity contribution in [1.29, 1.82) is 0 Å². The monoisotopic (exact) mass is 1870 g/mol. The van der Waals surface area contributed by atoms with Gasteiger partial charge in [0.25, 0.3) is 0 Å². The van der Waals surface area contributed by atoms with E-state index in [1.165, 1.54) is 65.4 Å². The van der Waals surface area contributed by atoms with Crippen molar-refractivity contribution in [3.63, 3.8) is 0 Å². The molecule has 5 aliphatic heterocycles. The average molecular weight is 1870 g/mol. The van der Waals surface area contributed by atoms with Gasteiger partial charge in [-0.15, -0.1) is 0 Å². The second kappa shape index (κ2) is 54.7. The molecule has 0 radical (unpaired) electrons. The Bertz CT molecular complexity index is 4360. The predicted molar refractivity (Wildman–Crippen MR) is 474 cm³/mol. The molecule has 0 spiro atoms. The van der Waals surface area contributed by atoms with Gasteiger partial charge in [-0.1, -0.05) is 67.6 Å². The van der Waals surface area contributed by atoms with Crippen molar-refractivity contribution in [2.45, 2.75) is 287 Å². The first-order valence-corrected chi connectivity index (χ1v) is 45.4. The number of hydrogen-bond acceptors (Lipinski definition) is 34. The van der Waals surface area contributed by atoms with Gasteiger partial charge in [-0.25, -0.2) is 4.79 Å². The third-order valence-electron chi connectivity index (χ3n) is 21.5. The fraction of sp³-hybridized carbons (Fsp3) is 0.625. The summed E-state index contributed by atoms with van der Waals surface area (Å²) in [6.45, 7) is 15.6. The van der Waals surface area contributed by atoms with Gasteiger partial charge in [0.1, 0.15) is 6.61 Å². The molecule has 0 N–H and O–H groups in total. The molecule has 5 aliphatic rings. The molecule has 1 amide bonds. The Morgan fingerprint density at radius 3 is 1.61 bits per heavy atom. The summed E-state index contributed by atoms with van der Waals surface area (Å²) in [4.78, 5) is 131. The molecule has 4 aromatic carbocycles. The van der Waals surface area contributed by atoms with E-state index in [0.29, 0.717) is 57.8 Å². The minimum absolute atomic E-state index is 0.0112. The number of carbonyl (C=O) groups is 9. The van der Waals surface area contributed by atoms with Gasteiger partial charge >= 0.3 is 634 Å². The third-order valence-corrected chi connectivity index (χ3v) is 21.8. The van der Waals surface area contributed by atoms with Crippen LogP contribution in [0.5, 0.6) is 0 Å². The zero-order valence-electron chi connectivity index (χ0n) is 75.7. The number of azide groups is 1. The Morgan fingerprint density at radius 1 is 0.534 bits per heavy atom. The van der Waals surface area contributed by atoms with Crippen LogP contribution in [-0.2, 0) is 155 Å². The van der Waals surface area contributed by atoms with Gasteiger partial charge in [0.15, 0.2) is 0 Å². The van der Waals surface area contributed by atoms with Crippen molar-refractivity contribution < 1.29 is 157 Å². The van der Waals surface area contributed by atoms with E-state index in [9.17, 15) is 39.1 Å². The van der Waals surface area contributed by atoms with Crippen LogP contribution in [0.25, 0.3) is 10.4 Å². The minimum atomic E-state index is -2.31. The van der Waals surface area contributed by atoms with E-state index in [2.05, 4.69) is 28.3 Å². The number of esters is 8. The van der Waals surface area contributed by atoms with Crippen molar-refractivity contribution in [3.8, 4) is 0 Å². The molecule has 0 aliphatic carbocycles.